The molecule has 1 aliphatic carbocycles. The van der Waals surface area contributed by atoms with E-state index in [0.29, 0.717) is 18.3 Å². The molecule has 2 rings (SSSR count). The lowest BCUT2D eigenvalue weighted by atomic mass is 9.96. The van der Waals surface area contributed by atoms with Gasteiger partial charge >= 0.3 is 0 Å². The first-order chi connectivity index (χ1) is 8.95. The topological polar surface area (TPSA) is 49.4 Å². The first-order valence-electron chi connectivity index (χ1n) is 7.58. The van der Waals surface area contributed by atoms with Crippen LogP contribution >= 0.6 is 0 Å². The molecule has 1 N–H and O–H groups in total. The number of rotatable bonds is 5. The van der Waals surface area contributed by atoms with Crippen molar-refractivity contribution in [3.8, 4) is 0 Å². The van der Waals surface area contributed by atoms with Crippen LogP contribution in [-0.4, -0.2) is 34.8 Å². The Morgan fingerprint density at radius 3 is 2.37 bits per heavy atom. The summed E-state index contributed by atoms with van der Waals surface area (Å²) in [5.74, 6) is 1.09. The molecule has 0 aromatic heterocycles. The number of hydrogen-bond donors (Lipinski definition) is 1. The predicted octanol–water partition coefficient (Wildman–Crippen LogP) is 1.94. The van der Waals surface area contributed by atoms with Crippen molar-refractivity contribution < 1.29 is 9.59 Å². The molecule has 0 aromatic carbocycles. The van der Waals surface area contributed by atoms with Crippen LogP contribution in [0.2, 0.25) is 0 Å². The molecule has 1 aliphatic heterocycles. The Morgan fingerprint density at radius 2 is 1.89 bits per heavy atom. The zero-order valence-corrected chi connectivity index (χ0v) is 12.5. The third-order valence-corrected chi connectivity index (χ3v) is 4.22. The molecule has 0 radical (unpaired) electrons. The van der Waals surface area contributed by atoms with Gasteiger partial charge in [0.25, 0.3) is 0 Å². The Morgan fingerprint density at radius 1 is 1.26 bits per heavy atom. The van der Waals surface area contributed by atoms with Crippen molar-refractivity contribution in [3.05, 3.63) is 0 Å². The highest BCUT2D eigenvalue weighted by atomic mass is 16.2. The number of nitrogens with zero attached hydrogens (tertiary/aromatic N) is 1. The fourth-order valence-electron chi connectivity index (χ4n) is 3.20. The molecule has 1 saturated carbocycles. The van der Waals surface area contributed by atoms with E-state index in [2.05, 4.69) is 26.1 Å². The van der Waals surface area contributed by atoms with E-state index in [1.807, 2.05) is 11.8 Å². The summed E-state index contributed by atoms with van der Waals surface area (Å²) in [6.45, 7) is 8.36. The Balaban J connectivity index is 2.17. The summed E-state index contributed by atoms with van der Waals surface area (Å²) in [5, 5.41) is 2.94. The van der Waals surface area contributed by atoms with E-state index in [9.17, 15) is 9.59 Å². The normalized spacial score (nSPS) is 29.6. The van der Waals surface area contributed by atoms with Gasteiger partial charge in [-0.05, 0) is 44.4 Å². The summed E-state index contributed by atoms with van der Waals surface area (Å²) in [4.78, 5) is 26.7. The van der Waals surface area contributed by atoms with Gasteiger partial charge in [0.15, 0.2) is 0 Å². The standard InChI is InChI=1S/C15H26N2O2/c1-5-12-14(18)16-13(11-6-7-11)15(19)17(12)10(4)8-9(2)3/h9-13H,5-8H2,1-4H3,(H,16,18). The fourth-order valence-corrected chi connectivity index (χ4v) is 3.20. The van der Waals surface area contributed by atoms with Gasteiger partial charge in [-0.15, -0.1) is 0 Å². The third kappa shape index (κ3) is 2.93. The number of carbonyl (C=O) groups excluding carboxylic acids is 2. The lowest BCUT2D eigenvalue weighted by molar-refractivity contribution is -0.153. The number of nitrogens with one attached hydrogen (secondary N) is 1. The Labute approximate surface area is 115 Å². The van der Waals surface area contributed by atoms with Crippen molar-refractivity contribution in [3.63, 3.8) is 0 Å². The Hall–Kier alpha value is -1.06. The minimum Gasteiger partial charge on any atom is -0.342 e. The van der Waals surface area contributed by atoms with Crippen molar-refractivity contribution in [2.24, 2.45) is 11.8 Å². The summed E-state index contributed by atoms with van der Waals surface area (Å²) < 4.78 is 0. The van der Waals surface area contributed by atoms with Gasteiger partial charge in [0.05, 0.1) is 0 Å². The van der Waals surface area contributed by atoms with Gasteiger partial charge in [-0.2, -0.15) is 0 Å². The quantitative estimate of drug-likeness (QED) is 0.826. The molecule has 108 valence electrons. The van der Waals surface area contributed by atoms with Crippen LogP contribution < -0.4 is 5.32 Å². The third-order valence-electron chi connectivity index (χ3n) is 4.22. The van der Waals surface area contributed by atoms with Gasteiger partial charge in [-0.1, -0.05) is 20.8 Å². The van der Waals surface area contributed by atoms with Crippen LogP contribution in [0.15, 0.2) is 0 Å². The van der Waals surface area contributed by atoms with Gasteiger partial charge < -0.3 is 10.2 Å². The maximum atomic E-state index is 12.7. The minimum atomic E-state index is -0.281. The lowest BCUT2D eigenvalue weighted by Gasteiger charge is -2.42. The average molecular weight is 266 g/mol. The largest absolute Gasteiger partial charge is 0.342 e. The second-order valence-corrected chi connectivity index (χ2v) is 6.47. The van der Waals surface area contributed by atoms with Crippen molar-refractivity contribution in [1.82, 2.24) is 10.2 Å². The fraction of sp³-hybridized carbons (Fsp3) is 0.867. The van der Waals surface area contributed by atoms with E-state index in [0.717, 1.165) is 19.3 Å². The van der Waals surface area contributed by atoms with Crippen LogP contribution in [0.1, 0.15) is 53.4 Å². The molecule has 2 fully saturated rings. The van der Waals surface area contributed by atoms with Crippen molar-refractivity contribution in [2.45, 2.75) is 71.5 Å². The molecule has 2 aliphatic rings. The van der Waals surface area contributed by atoms with Crippen LogP contribution in [0.5, 0.6) is 0 Å². The van der Waals surface area contributed by atoms with Crippen molar-refractivity contribution >= 4 is 11.8 Å². The Bertz CT molecular complexity index is 363. The first-order valence-corrected chi connectivity index (χ1v) is 7.58. The van der Waals surface area contributed by atoms with E-state index < -0.39 is 0 Å². The summed E-state index contributed by atoms with van der Waals surface area (Å²) in [6, 6.07) is -0.397. The molecule has 2 amide bonds. The zero-order chi connectivity index (χ0) is 14.2. The molecule has 4 heteroatoms. The van der Waals surface area contributed by atoms with Crippen LogP contribution in [0, 0.1) is 11.8 Å². The van der Waals surface area contributed by atoms with Gasteiger partial charge in [0.2, 0.25) is 11.8 Å². The molecule has 0 bridgehead atoms. The van der Waals surface area contributed by atoms with Crippen LogP contribution in [0.25, 0.3) is 0 Å². The average Bonchev–Trinajstić information content (AvgIpc) is 3.13. The first kappa shape index (κ1) is 14.4. The maximum Gasteiger partial charge on any atom is 0.246 e. The Kier molecular flexibility index (Phi) is 4.16. The monoisotopic (exact) mass is 266 g/mol. The summed E-state index contributed by atoms with van der Waals surface area (Å²) in [6.07, 6.45) is 3.78. The SMILES string of the molecule is CCC1C(=O)NC(C2CC2)C(=O)N1C(C)CC(C)C. The van der Waals surface area contributed by atoms with E-state index in [1.54, 1.807) is 0 Å². The maximum absolute atomic E-state index is 12.7. The van der Waals surface area contributed by atoms with Crippen molar-refractivity contribution in [1.29, 1.82) is 0 Å². The highest BCUT2D eigenvalue weighted by Crippen LogP contribution is 2.36. The number of carbonyl (C=O) groups is 2. The molecule has 1 heterocycles. The number of piperazine rings is 1. The van der Waals surface area contributed by atoms with Gasteiger partial charge in [0.1, 0.15) is 12.1 Å². The van der Waals surface area contributed by atoms with Gasteiger partial charge in [-0.3, -0.25) is 9.59 Å². The molecule has 0 aromatic rings. The van der Waals surface area contributed by atoms with Crippen LogP contribution in [-0.2, 0) is 9.59 Å². The van der Waals surface area contributed by atoms with E-state index in [4.69, 9.17) is 0 Å². The molecular weight excluding hydrogens is 240 g/mol. The second-order valence-electron chi connectivity index (χ2n) is 6.47. The molecule has 0 spiro atoms. The summed E-state index contributed by atoms with van der Waals surface area (Å²) in [5.41, 5.74) is 0. The van der Waals surface area contributed by atoms with E-state index in [1.165, 1.54) is 0 Å². The molecule has 19 heavy (non-hydrogen) atoms. The van der Waals surface area contributed by atoms with Gasteiger partial charge in [-0.25, -0.2) is 0 Å². The molecule has 3 atom stereocenters. The van der Waals surface area contributed by atoms with Crippen molar-refractivity contribution in [2.75, 3.05) is 0 Å². The highest BCUT2D eigenvalue weighted by Gasteiger charge is 2.47. The molecule has 4 nitrogen and oxygen atoms in total. The minimum absolute atomic E-state index is 0.0367. The van der Waals surface area contributed by atoms with E-state index in [-0.39, 0.29) is 29.9 Å². The second kappa shape index (κ2) is 5.51. The van der Waals surface area contributed by atoms with Crippen LogP contribution in [0.4, 0.5) is 0 Å². The molecule has 1 saturated heterocycles. The van der Waals surface area contributed by atoms with E-state index >= 15 is 0 Å². The number of amides is 2. The smallest absolute Gasteiger partial charge is 0.246 e. The van der Waals surface area contributed by atoms with Crippen LogP contribution in [0.3, 0.4) is 0 Å². The predicted molar refractivity (Wildman–Crippen MR) is 74.5 cm³/mol. The highest BCUT2D eigenvalue weighted by molar-refractivity contribution is 5.97. The molecule has 3 unspecified atom stereocenters. The number of hydrogen-bond acceptors (Lipinski definition) is 2. The summed E-state index contributed by atoms with van der Waals surface area (Å²) in [7, 11) is 0. The van der Waals surface area contributed by atoms with Gasteiger partial charge in [0, 0.05) is 6.04 Å². The molecular formula is C15H26N2O2. The zero-order valence-electron chi connectivity index (χ0n) is 12.5. The lowest BCUT2D eigenvalue weighted by Crippen LogP contribution is -2.65. The summed E-state index contributed by atoms with van der Waals surface area (Å²) >= 11 is 0.